The van der Waals surface area contributed by atoms with Gasteiger partial charge in [-0.2, -0.15) is 0 Å². The molecule has 2 aliphatic carbocycles. The number of phenolic OH excluding ortho intramolecular Hbond substituents is 1. The Kier molecular flexibility index (Phi) is 4.86. The molecule has 2 aliphatic heterocycles. The Morgan fingerprint density at radius 1 is 1.21 bits per heavy atom. The highest BCUT2D eigenvalue weighted by Gasteiger charge is 2.59. The van der Waals surface area contributed by atoms with E-state index in [9.17, 15) is 19.8 Å². The Balaban J connectivity index is 1.64. The van der Waals surface area contributed by atoms with Gasteiger partial charge in [-0.3, -0.25) is 4.79 Å². The second kappa shape index (κ2) is 7.12. The number of fused-ring (bicyclic) bond motifs is 2. The monoisotopic (exact) mass is 474 g/mol. The second-order valence-corrected chi connectivity index (χ2v) is 16.5. The number of carboxylic acid groups (broad SMARTS) is 1. The molecule has 2 N–H and O–H groups in total. The van der Waals surface area contributed by atoms with Gasteiger partial charge in [-0.1, -0.05) is 20.8 Å². The zero-order valence-corrected chi connectivity index (χ0v) is 21.1. The number of ether oxygens (including phenoxy) is 1. The number of amides is 2. The fraction of sp³-hybridized carbons (Fsp3) is 0.667. The van der Waals surface area contributed by atoms with Crippen molar-refractivity contribution in [3.63, 3.8) is 0 Å². The SMILES string of the molecule is CC(C)(C)[Si](C)(C)OC1C2CC3(CC3)CN2C(=O)c2cc(OC3CC3)c(O)cc2N1C(=O)O. The summed E-state index contributed by atoms with van der Waals surface area (Å²) < 4.78 is 12.6. The van der Waals surface area contributed by atoms with Gasteiger partial charge in [-0.25, -0.2) is 9.69 Å². The van der Waals surface area contributed by atoms with Gasteiger partial charge in [0.15, 0.2) is 26.0 Å². The van der Waals surface area contributed by atoms with E-state index in [2.05, 4.69) is 33.9 Å². The van der Waals surface area contributed by atoms with Crippen molar-refractivity contribution in [3.05, 3.63) is 17.7 Å². The summed E-state index contributed by atoms with van der Waals surface area (Å²) in [5.74, 6) is -0.144. The summed E-state index contributed by atoms with van der Waals surface area (Å²) in [6, 6.07) is 2.51. The molecule has 5 rings (SSSR count). The number of carbonyl (C=O) groups excluding carboxylic acids is 1. The summed E-state index contributed by atoms with van der Waals surface area (Å²) in [4.78, 5) is 29.5. The summed E-state index contributed by atoms with van der Waals surface area (Å²) in [6.45, 7) is 11.1. The first-order valence-electron chi connectivity index (χ1n) is 11.9. The third kappa shape index (κ3) is 3.79. The van der Waals surface area contributed by atoms with Gasteiger partial charge in [0.1, 0.15) is 0 Å². The van der Waals surface area contributed by atoms with Crippen molar-refractivity contribution in [2.45, 2.75) is 89.4 Å². The minimum absolute atomic E-state index is 0.0364. The Morgan fingerprint density at radius 3 is 2.42 bits per heavy atom. The smallest absolute Gasteiger partial charge is 0.414 e. The molecule has 2 amide bonds. The lowest BCUT2D eigenvalue weighted by molar-refractivity contribution is 0.0541. The van der Waals surface area contributed by atoms with Crippen molar-refractivity contribution in [2.24, 2.45) is 5.41 Å². The number of carbonyl (C=O) groups is 2. The summed E-state index contributed by atoms with van der Waals surface area (Å²) in [5, 5.41) is 20.9. The Labute approximate surface area is 195 Å². The zero-order chi connectivity index (χ0) is 23.9. The van der Waals surface area contributed by atoms with Gasteiger partial charge >= 0.3 is 6.09 Å². The zero-order valence-electron chi connectivity index (χ0n) is 20.1. The molecule has 1 spiro atoms. The fourth-order valence-corrected chi connectivity index (χ4v) is 6.01. The molecule has 4 aliphatic rings. The molecule has 2 unspecified atom stereocenters. The van der Waals surface area contributed by atoms with Crippen LogP contribution in [-0.2, 0) is 4.43 Å². The highest BCUT2D eigenvalue weighted by atomic mass is 28.4. The van der Waals surface area contributed by atoms with Crippen LogP contribution < -0.4 is 9.64 Å². The van der Waals surface area contributed by atoms with Crippen molar-refractivity contribution >= 4 is 26.0 Å². The lowest BCUT2D eigenvalue weighted by atomic mass is 10.0. The molecule has 2 atom stereocenters. The Hall–Kier alpha value is -2.26. The normalized spacial score (nSPS) is 26.2. The van der Waals surface area contributed by atoms with Crippen LogP contribution in [0.4, 0.5) is 10.5 Å². The molecule has 2 saturated carbocycles. The molecule has 33 heavy (non-hydrogen) atoms. The van der Waals surface area contributed by atoms with Crippen LogP contribution in [0, 0.1) is 5.41 Å². The average Bonchev–Trinajstić information content (AvgIpc) is 3.60. The van der Waals surface area contributed by atoms with E-state index >= 15 is 0 Å². The van der Waals surface area contributed by atoms with Crippen LogP contribution in [0.5, 0.6) is 11.5 Å². The molecule has 180 valence electrons. The van der Waals surface area contributed by atoms with Gasteiger partial charge in [0.2, 0.25) is 0 Å². The molecule has 1 aromatic rings. The topological polar surface area (TPSA) is 99.5 Å². The van der Waals surface area contributed by atoms with E-state index in [0.717, 1.165) is 32.1 Å². The largest absolute Gasteiger partial charge is 0.504 e. The highest BCUT2D eigenvalue weighted by molar-refractivity contribution is 6.74. The minimum atomic E-state index is -2.40. The molecular weight excluding hydrogens is 440 g/mol. The van der Waals surface area contributed by atoms with Crippen LogP contribution in [0.1, 0.15) is 63.2 Å². The van der Waals surface area contributed by atoms with E-state index in [1.807, 2.05) is 4.90 Å². The number of nitrogens with zero attached hydrogens (tertiary/aromatic N) is 2. The van der Waals surface area contributed by atoms with E-state index in [0.29, 0.717) is 6.54 Å². The van der Waals surface area contributed by atoms with Gasteiger partial charge in [-0.05, 0) is 61.7 Å². The van der Waals surface area contributed by atoms with Gasteiger partial charge in [0.25, 0.3) is 5.91 Å². The van der Waals surface area contributed by atoms with E-state index < -0.39 is 20.6 Å². The van der Waals surface area contributed by atoms with Crippen molar-refractivity contribution in [1.29, 1.82) is 0 Å². The van der Waals surface area contributed by atoms with Gasteiger partial charge < -0.3 is 24.3 Å². The number of benzene rings is 1. The maximum absolute atomic E-state index is 13.8. The van der Waals surface area contributed by atoms with E-state index in [1.54, 1.807) is 0 Å². The van der Waals surface area contributed by atoms with E-state index in [1.165, 1.54) is 17.0 Å². The summed E-state index contributed by atoms with van der Waals surface area (Å²) >= 11 is 0. The number of hydrogen-bond donors (Lipinski definition) is 2. The van der Waals surface area contributed by atoms with Crippen molar-refractivity contribution < 1.29 is 29.0 Å². The summed E-state index contributed by atoms with van der Waals surface area (Å²) in [6.07, 6.45) is 2.65. The molecule has 0 aromatic heterocycles. The maximum Gasteiger partial charge on any atom is 0.414 e. The van der Waals surface area contributed by atoms with Crippen LogP contribution >= 0.6 is 0 Å². The molecule has 0 radical (unpaired) electrons. The van der Waals surface area contributed by atoms with Gasteiger partial charge in [0, 0.05) is 12.6 Å². The quantitative estimate of drug-likeness (QED) is 0.610. The number of phenols is 1. The fourth-order valence-electron chi connectivity index (χ4n) is 4.79. The van der Waals surface area contributed by atoms with Crippen LogP contribution in [0.2, 0.25) is 18.1 Å². The molecular formula is C24H34N2O6Si. The summed E-state index contributed by atoms with van der Waals surface area (Å²) in [5.41, 5.74) is 0.479. The lowest BCUT2D eigenvalue weighted by Gasteiger charge is -2.44. The Bertz CT molecular complexity index is 1010. The molecule has 3 fully saturated rings. The predicted octanol–water partition coefficient (Wildman–Crippen LogP) is 4.77. The molecule has 2 heterocycles. The number of rotatable bonds is 4. The van der Waals surface area contributed by atoms with Crippen LogP contribution in [0.3, 0.4) is 0 Å². The Morgan fingerprint density at radius 2 is 1.88 bits per heavy atom. The van der Waals surface area contributed by atoms with E-state index in [4.69, 9.17) is 9.16 Å². The van der Waals surface area contributed by atoms with Gasteiger partial charge in [-0.15, -0.1) is 0 Å². The van der Waals surface area contributed by atoms with Crippen molar-refractivity contribution in [3.8, 4) is 11.5 Å². The predicted molar refractivity (Wildman–Crippen MR) is 125 cm³/mol. The first-order valence-corrected chi connectivity index (χ1v) is 14.8. The number of hydrogen-bond acceptors (Lipinski definition) is 5. The number of anilines is 1. The standard InChI is InChI=1S/C24H34N2O6Si/c1-23(2,3)33(4,5)32-21-17-12-24(8-9-24)13-25(17)20(28)15-10-19(31-14-6-7-14)18(27)11-16(15)26(21)22(29)30/h10-11,14,17,21,27H,6-9,12-13H2,1-5H3,(H,29,30). The van der Waals surface area contributed by atoms with Crippen LogP contribution in [0.15, 0.2) is 12.1 Å². The third-order valence-electron chi connectivity index (χ3n) is 8.16. The van der Waals surface area contributed by atoms with Crippen LogP contribution in [0.25, 0.3) is 0 Å². The van der Waals surface area contributed by atoms with Crippen LogP contribution in [-0.4, -0.2) is 60.3 Å². The average molecular weight is 475 g/mol. The third-order valence-corrected chi connectivity index (χ3v) is 12.6. The van der Waals surface area contributed by atoms with E-state index in [-0.39, 0.29) is 51.3 Å². The highest BCUT2D eigenvalue weighted by Crippen LogP contribution is 2.57. The van der Waals surface area contributed by atoms with Crippen molar-refractivity contribution in [1.82, 2.24) is 4.90 Å². The minimum Gasteiger partial charge on any atom is -0.504 e. The number of aromatic hydroxyl groups is 1. The van der Waals surface area contributed by atoms with Crippen molar-refractivity contribution in [2.75, 3.05) is 11.4 Å². The maximum atomic E-state index is 13.8. The lowest BCUT2D eigenvalue weighted by Crippen LogP contribution is -2.57. The second-order valence-electron chi connectivity index (χ2n) is 11.8. The molecule has 1 aromatic carbocycles. The molecule has 0 bridgehead atoms. The first-order chi connectivity index (χ1) is 15.3. The molecule has 1 saturated heterocycles. The molecule has 8 nitrogen and oxygen atoms in total. The first kappa shape index (κ1) is 22.5. The molecule has 9 heteroatoms. The summed E-state index contributed by atoms with van der Waals surface area (Å²) in [7, 11) is -2.40. The van der Waals surface area contributed by atoms with Gasteiger partial charge in [0.05, 0.1) is 23.4 Å².